The lowest BCUT2D eigenvalue weighted by Crippen LogP contribution is -2.13. The molecule has 17 heavy (non-hydrogen) atoms. The fourth-order valence-electron chi connectivity index (χ4n) is 2.68. The number of rotatable bonds is 2. The Bertz CT molecular complexity index is 442. The Balaban J connectivity index is 2.09. The first-order valence-electron chi connectivity index (χ1n) is 6.06. The third kappa shape index (κ3) is 1.78. The zero-order valence-corrected chi connectivity index (χ0v) is 10.6. The predicted molar refractivity (Wildman–Crippen MR) is 67.2 cm³/mol. The van der Waals surface area contributed by atoms with Gasteiger partial charge in [-0.05, 0) is 31.0 Å². The van der Waals surface area contributed by atoms with Crippen LogP contribution in [0.1, 0.15) is 30.0 Å². The minimum Gasteiger partial charge on any atom is -0.493 e. The third-order valence-corrected chi connectivity index (χ3v) is 4.00. The highest BCUT2D eigenvalue weighted by Crippen LogP contribution is 2.44. The molecule has 1 aromatic carbocycles. The molecule has 2 aliphatic heterocycles. The maximum atomic E-state index is 6.49. The molecule has 0 bridgehead atoms. The minimum absolute atomic E-state index is 0.363. The lowest BCUT2D eigenvalue weighted by atomic mass is 10.0. The van der Waals surface area contributed by atoms with Crippen molar-refractivity contribution in [1.82, 2.24) is 5.32 Å². The van der Waals surface area contributed by atoms with Gasteiger partial charge in [-0.2, -0.15) is 0 Å². The van der Waals surface area contributed by atoms with E-state index in [-0.39, 0.29) is 0 Å². The number of fused-ring (bicyclic) bond motifs is 1. The molecule has 92 valence electrons. The zero-order valence-electron chi connectivity index (χ0n) is 9.88. The van der Waals surface area contributed by atoms with Crippen molar-refractivity contribution in [2.24, 2.45) is 0 Å². The summed E-state index contributed by atoms with van der Waals surface area (Å²) in [6.45, 7) is 1.77. The van der Waals surface area contributed by atoms with E-state index in [1.165, 1.54) is 6.42 Å². The molecule has 4 heteroatoms. The number of methoxy groups -OCH3 is 1. The van der Waals surface area contributed by atoms with Crippen molar-refractivity contribution in [3.8, 4) is 11.5 Å². The smallest absolute Gasteiger partial charge is 0.165 e. The lowest BCUT2D eigenvalue weighted by Gasteiger charge is -2.17. The van der Waals surface area contributed by atoms with Crippen LogP contribution in [-0.2, 0) is 6.42 Å². The maximum absolute atomic E-state index is 6.49. The second-order valence-corrected chi connectivity index (χ2v) is 4.92. The highest BCUT2D eigenvalue weighted by molar-refractivity contribution is 6.32. The Morgan fingerprint density at radius 2 is 2.41 bits per heavy atom. The van der Waals surface area contributed by atoms with Crippen LogP contribution in [0.2, 0.25) is 5.02 Å². The summed E-state index contributed by atoms with van der Waals surface area (Å²) in [4.78, 5) is 0. The van der Waals surface area contributed by atoms with E-state index in [9.17, 15) is 0 Å². The monoisotopic (exact) mass is 253 g/mol. The third-order valence-electron chi connectivity index (χ3n) is 3.56. The molecule has 0 radical (unpaired) electrons. The summed E-state index contributed by atoms with van der Waals surface area (Å²) in [5.74, 6) is 1.64. The number of ether oxygens (including phenoxy) is 2. The van der Waals surface area contributed by atoms with Crippen LogP contribution in [0.4, 0.5) is 0 Å². The van der Waals surface area contributed by atoms with Gasteiger partial charge < -0.3 is 14.8 Å². The van der Waals surface area contributed by atoms with Crippen molar-refractivity contribution in [3.63, 3.8) is 0 Å². The number of halogens is 1. The summed E-state index contributed by atoms with van der Waals surface area (Å²) >= 11 is 6.49. The predicted octanol–water partition coefficient (Wildman–Crippen LogP) is 2.71. The Morgan fingerprint density at radius 1 is 1.53 bits per heavy atom. The molecular formula is C13H16ClNO2. The topological polar surface area (TPSA) is 30.5 Å². The van der Waals surface area contributed by atoms with E-state index in [4.69, 9.17) is 21.1 Å². The van der Waals surface area contributed by atoms with Gasteiger partial charge in [-0.1, -0.05) is 11.6 Å². The van der Waals surface area contributed by atoms with Crippen molar-refractivity contribution < 1.29 is 9.47 Å². The van der Waals surface area contributed by atoms with Crippen molar-refractivity contribution >= 4 is 11.6 Å². The van der Waals surface area contributed by atoms with E-state index in [0.717, 1.165) is 47.0 Å². The van der Waals surface area contributed by atoms with Crippen LogP contribution in [0.5, 0.6) is 11.5 Å². The largest absolute Gasteiger partial charge is 0.493 e. The van der Waals surface area contributed by atoms with Crippen LogP contribution < -0.4 is 14.8 Å². The van der Waals surface area contributed by atoms with Crippen molar-refractivity contribution in [2.75, 3.05) is 20.3 Å². The van der Waals surface area contributed by atoms with Crippen LogP contribution in [0.3, 0.4) is 0 Å². The molecule has 2 heterocycles. The van der Waals surface area contributed by atoms with E-state index < -0.39 is 0 Å². The van der Waals surface area contributed by atoms with Gasteiger partial charge in [0.15, 0.2) is 11.5 Å². The molecule has 3 nitrogen and oxygen atoms in total. The summed E-state index contributed by atoms with van der Waals surface area (Å²) in [5, 5.41) is 4.33. The summed E-state index contributed by atoms with van der Waals surface area (Å²) < 4.78 is 11.0. The summed E-state index contributed by atoms with van der Waals surface area (Å²) in [5.41, 5.74) is 2.26. The highest BCUT2D eigenvalue weighted by atomic mass is 35.5. The number of hydrogen-bond acceptors (Lipinski definition) is 3. The lowest BCUT2D eigenvalue weighted by molar-refractivity contribution is 0.325. The molecule has 0 aromatic heterocycles. The van der Waals surface area contributed by atoms with Crippen LogP contribution in [-0.4, -0.2) is 20.3 Å². The molecule has 1 atom stereocenters. The van der Waals surface area contributed by atoms with Gasteiger partial charge in [-0.3, -0.25) is 0 Å². The van der Waals surface area contributed by atoms with E-state index in [1.807, 2.05) is 6.07 Å². The van der Waals surface area contributed by atoms with Crippen molar-refractivity contribution in [3.05, 3.63) is 22.2 Å². The van der Waals surface area contributed by atoms with Crippen LogP contribution in [0.15, 0.2) is 6.07 Å². The Hall–Kier alpha value is -0.930. The van der Waals surface area contributed by atoms with Gasteiger partial charge in [0.05, 0.1) is 18.7 Å². The van der Waals surface area contributed by atoms with Crippen LogP contribution >= 0.6 is 11.6 Å². The molecule has 1 unspecified atom stereocenters. The number of hydrogen-bond donors (Lipinski definition) is 1. The fraction of sp³-hybridized carbons (Fsp3) is 0.538. The normalized spacial score (nSPS) is 22.4. The zero-order chi connectivity index (χ0) is 11.8. The molecular weight excluding hydrogens is 238 g/mol. The maximum Gasteiger partial charge on any atom is 0.165 e. The van der Waals surface area contributed by atoms with Gasteiger partial charge in [-0.25, -0.2) is 0 Å². The van der Waals surface area contributed by atoms with Crippen molar-refractivity contribution in [1.29, 1.82) is 0 Å². The van der Waals surface area contributed by atoms with Crippen molar-refractivity contribution in [2.45, 2.75) is 25.3 Å². The molecule has 1 N–H and O–H groups in total. The first-order chi connectivity index (χ1) is 8.31. The molecule has 0 amide bonds. The Morgan fingerprint density at radius 3 is 3.12 bits per heavy atom. The molecule has 1 saturated heterocycles. The fourth-order valence-corrected chi connectivity index (χ4v) is 3.05. The standard InChI is InChI=1S/C13H16ClNO2/c1-16-11-7-9(10-3-2-5-15-10)12(14)8-4-6-17-13(8)11/h7,10,15H,2-6H2,1H3. The summed E-state index contributed by atoms with van der Waals surface area (Å²) in [6, 6.07) is 2.39. The molecule has 0 spiro atoms. The van der Waals surface area contributed by atoms with E-state index in [1.54, 1.807) is 7.11 Å². The van der Waals surface area contributed by atoms with E-state index >= 15 is 0 Å². The Labute approximate surface area is 106 Å². The molecule has 3 rings (SSSR count). The van der Waals surface area contributed by atoms with Crippen LogP contribution in [0, 0.1) is 0 Å². The first kappa shape index (κ1) is 11.2. The van der Waals surface area contributed by atoms with Gasteiger partial charge >= 0.3 is 0 Å². The second kappa shape index (κ2) is 4.39. The SMILES string of the molecule is COc1cc(C2CCCN2)c(Cl)c2c1OCC2. The molecule has 0 saturated carbocycles. The summed E-state index contributed by atoms with van der Waals surface area (Å²) in [7, 11) is 1.68. The van der Waals surface area contributed by atoms with Gasteiger partial charge in [0.1, 0.15) is 0 Å². The number of benzene rings is 1. The average Bonchev–Trinajstić information content (AvgIpc) is 3.00. The molecule has 2 aliphatic rings. The van der Waals surface area contributed by atoms with Crippen LogP contribution in [0.25, 0.3) is 0 Å². The number of nitrogens with one attached hydrogen (secondary N) is 1. The Kier molecular flexibility index (Phi) is 2.89. The average molecular weight is 254 g/mol. The van der Waals surface area contributed by atoms with Gasteiger partial charge in [-0.15, -0.1) is 0 Å². The first-order valence-corrected chi connectivity index (χ1v) is 6.44. The van der Waals surface area contributed by atoms with E-state index in [0.29, 0.717) is 12.6 Å². The molecule has 0 aliphatic carbocycles. The van der Waals surface area contributed by atoms with Gasteiger partial charge in [0.25, 0.3) is 0 Å². The summed E-state index contributed by atoms with van der Waals surface area (Å²) in [6.07, 6.45) is 3.23. The molecule has 1 aromatic rings. The quantitative estimate of drug-likeness (QED) is 0.879. The van der Waals surface area contributed by atoms with Gasteiger partial charge in [0.2, 0.25) is 0 Å². The molecule has 1 fully saturated rings. The van der Waals surface area contributed by atoms with E-state index in [2.05, 4.69) is 5.32 Å². The van der Waals surface area contributed by atoms with Gasteiger partial charge in [0, 0.05) is 18.0 Å². The second-order valence-electron chi connectivity index (χ2n) is 4.54. The minimum atomic E-state index is 0.363. The highest BCUT2D eigenvalue weighted by Gasteiger charge is 2.27.